The molecule has 4 aliphatic rings. The number of hydrogen-bond donors (Lipinski definition) is 1. The van der Waals surface area contributed by atoms with Crippen molar-refractivity contribution in [2.45, 2.75) is 57.0 Å². The van der Waals surface area contributed by atoms with E-state index in [1.807, 2.05) is 29.2 Å². The van der Waals surface area contributed by atoms with E-state index in [9.17, 15) is 9.59 Å². The van der Waals surface area contributed by atoms with E-state index in [2.05, 4.69) is 4.90 Å². The predicted octanol–water partition coefficient (Wildman–Crippen LogP) is 2.95. The highest BCUT2D eigenvalue weighted by Gasteiger charge is 2.44. The van der Waals surface area contributed by atoms with Crippen molar-refractivity contribution >= 4 is 23.1 Å². The van der Waals surface area contributed by atoms with Gasteiger partial charge in [0.15, 0.2) is 0 Å². The number of rotatable bonds is 3. The van der Waals surface area contributed by atoms with Crippen LogP contribution in [0.2, 0.25) is 0 Å². The number of para-hydroxylation sites is 1. The highest BCUT2D eigenvalue weighted by molar-refractivity contribution is 6.35. The summed E-state index contributed by atoms with van der Waals surface area (Å²) < 4.78 is 0. The predicted molar refractivity (Wildman–Crippen MR) is 110 cm³/mol. The number of hydrogen-bond acceptors (Lipinski definition) is 3. The van der Waals surface area contributed by atoms with Gasteiger partial charge in [-0.3, -0.25) is 14.5 Å². The fourth-order valence-electron chi connectivity index (χ4n) is 6.38. The number of carbonyl (C=O) groups is 2. The Morgan fingerprint density at radius 1 is 1.00 bits per heavy atom. The second kappa shape index (κ2) is 7.03. The molecule has 2 aliphatic carbocycles. The minimum atomic E-state index is -0.567. The number of fused-ring (bicyclic) bond motifs is 3. The molecule has 3 fully saturated rings. The van der Waals surface area contributed by atoms with E-state index in [0.29, 0.717) is 5.57 Å². The van der Waals surface area contributed by atoms with Gasteiger partial charge in [0.1, 0.15) is 0 Å². The standard InChI is InChI=1S/C23H29N3O2/c24-21(27)14-19-18-6-1-2-7-20(18)26(23(19)28)17-10-12-25(13-11-17)22-15-4-3-5-16(22)9-8-15/h1-2,6-7,14-17,22H,3-5,8-13H2,(H2,24,27)/b19-14-. The van der Waals surface area contributed by atoms with Crippen LogP contribution in [0.3, 0.4) is 0 Å². The van der Waals surface area contributed by atoms with E-state index in [0.717, 1.165) is 55.1 Å². The van der Waals surface area contributed by atoms with Gasteiger partial charge in [0.2, 0.25) is 5.91 Å². The monoisotopic (exact) mass is 379 g/mol. The summed E-state index contributed by atoms with van der Waals surface area (Å²) in [6, 6.07) is 8.75. The fourth-order valence-corrected chi connectivity index (χ4v) is 6.38. The molecule has 5 heteroatoms. The zero-order chi connectivity index (χ0) is 19.3. The molecule has 0 radical (unpaired) electrons. The largest absolute Gasteiger partial charge is 0.366 e. The van der Waals surface area contributed by atoms with Gasteiger partial charge in [-0.2, -0.15) is 0 Å². The summed E-state index contributed by atoms with van der Waals surface area (Å²) in [6.07, 6.45) is 10.3. The maximum atomic E-state index is 13.1. The van der Waals surface area contributed by atoms with Crippen molar-refractivity contribution in [3.63, 3.8) is 0 Å². The molecule has 2 unspecified atom stereocenters. The number of primary amides is 1. The molecule has 1 aromatic carbocycles. The van der Waals surface area contributed by atoms with Crippen molar-refractivity contribution in [3.8, 4) is 0 Å². The van der Waals surface area contributed by atoms with Gasteiger partial charge in [0.25, 0.3) is 5.91 Å². The number of piperidine rings is 1. The van der Waals surface area contributed by atoms with E-state index in [1.54, 1.807) is 0 Å². The summed E-state index contributed by atoms with van der Waals surface area (Å²) in [7, 11) is 0. The molecule has 1 aromatic rings. The zero-order valence-corrected chi connectivity index (χ0v) is 16.3. The number of carbonyl (C=O) groups excluding carboxylic acids is 2. The Morgan fingerprint density at radius 2 is 1.68 bits per heavy atom. The molecule has 2 N–H and O–H groups in total. The minimum absolute atomic E-state index is 0.0730. The van der Waals surface area contributed by atoms with Crippen LogP contribution in [0.25, 0.3) is 5.57 Å². The van der Waals surface area contributed by atoms with Gasteiger partial charge in [-0.15, -0.1) is 0 Å². The number of anilines is 1. The Labute approximate surface area is 166 Å². The van der Waals surface area contributed by atoms with Crippen LogP contribution in [-0.4, -0.2) is 41.9 Å². The molecule has 2 saturated carbocycles. The van der Waals surface area contributed by atoms with Crippen LogP contribution in [0.1, 0.15) is 50.5 Å². The number of amides is 2. The van der Waals surface area contributed by atoms with Crippen LogP contribution >= 0.6 is 0 Å². The zero-order valence-electron chi connectivity index (χ0n) is 16.3. The third-order valence-electron chi connectivity index (χ3n) is 7.50. The van der Waals surface area contributed by atoms with Gasteiger partial charge in [-0.1, -0.05) is 24.6 Å². The van der Waals surface area contributed by atoms with Crippen LogP contribution in [-0.2, 0) is 9.59 Å². The number of benzene rings is 1. The molecule has 0 spiro atoms. The number of nitrogens with zero attached hydrogens (tertiary/aromatic N) is 2. The Kier molecular flexibility index (Phi) is 4.50. The molecule has 2 atom stereocenters. The average molecular weight is 380 g/mol. The third kappa shape index (κ3) is 2.87. The van der Waals surface area contributed by atoms with Gasteiger partial charge >= 0.3 is 0 Å². The SMILES string of the molecule is NC(=O)/C=C1\C(=O)N(C2CCN(C3C4CCCC3CC4)CC2)c2ccccc21. The summed E-state index contributed by atoms with van der Waals surface area (Å²) in [6.45, 7) is 2.15. The summed E-state index contributed by atoms with van der Waals surface area (Å²) in [5.41, 5.74) is 7.56. The van der Waals surface area contributed by atoms with Crippen molar-refractivity contribution < 1.29 is 9.59 Å². The lowest BCUT2D eigenvalue weighted by molar-refractivity contribution is -0.115. The molecule has 2 heterocycles. The topological polar surface area (TPSA) is 66.6 Å². The number of likely N-dealkylation sites (tertiary alicyclic amines) is 1. The van der Waals surface area contributed by atoms with Crippen LogP contribution in [0, 0.1) is 11.8 Å². The molecule has 148 valence electrons. The Hall–Kier alpha value is -2.14. The summed E-state index contributed by atoms with van der Waals surface area (Å²) in [5.74, 6) is 1.16. The molecule has 2 bridgehead atoms. The van der Waals surface area contributed by atoms with Crippen molar-refractivity contribution in [2.24, 2.45) is 17.6 Å². The van der Waals surface area contributed by atoms with Gasteiger partial charge in [-0.05, 0) is 56.4 Å². The van der Waals surface area contributed by atoms with E-state index in [4.69, 9.17) is 5.73 Å². The third-order valence-corrected chi connectivity index (χ3v) is 7.50. The molecule has 1 saturated heterocycles. The highest BCUT2D eigenvalue weighted by Crippen LogP contribution is 2.46. The minimum Gasteiger partial charge on any atom is -0.366 e. The van der Waals surface area contributed by atoms with Crippen molar-refractivity contribution in [1.29, 1.82) is 0 Å². The lowest BCUT2D eigenvalue weighted by atomic mass is 9.82. The van der Waals surface area contributed by atoms with Gasteiger partial charge in [-0.25, -0.2) is 0 Å². The van der Waals surface area contributed by atoms with Crippen LogP contribution < -0.4 is 10.6 Å². The first-order valence-corrected chi connectivity index (χ1v) is 10.8. The summed E-state index contributed by atoms with van der Waals surface area (Å²) >= 11 is 0. The van der Waals surface area contributed by atoms with E-state index in [1.165, 1.54) is 38.2 Å². The van der Waals surface area contributed by atoms with E-state index in [-0.39, 0.29) is 11.9 Å². The van der Waals surface area contributed by atoms with Crippen LogP contribution in [0.15, 0.2) is 30.3 Å². The Bertz CT molecular complexity index is 809. The second-order valence-electron chi connectivity index (χ2n) is 8.94. The Balaban J connectivity index is 1.34. The molecule has 0 aromatic heterocycles. The van der Waals surface area contributed by atoms with Gasteiger partial charge in [0.05, 0.1) is 11.3 Å². The Morgan fingerprint density at radius 3 is 2.36 bits per heavy atom. The van der Waals surface area contributed by atoms with Gasteiger partial charge in [0, 0.05) is 36.8 Å². The van der Waals surface area contributed by atoms with Crippen LogP contribution in [0.4, 0.5) is 5.69 Å². The maximum Gasteiger partial charge on any atom is 0.259 e. The summed E-state index contributed by atoms with van der Waals surface area (Å²) in [5, 5.41) is 0. The molecule has 2 amide bonds. The lowest BCUT2D eigenvalue weighted by Gasteiger charge is -2.44. The molecule has 5 nitrogen and oxygen atoms in total. The first-order chi connectivity index (χ1) is 13.6. The highest BCUT2D eigenvalue weighted by atomic mass is 16.2. The summed E-state index contributed by atoms with van der Waals surface area (Å²) in [4.78, 5) is 29.2. The molecular weight excluding hydrogens is 350 g/mol. The quantitative estimate of drug-likeness (QED) is 0.821. The molecule has 5 rings (SSSR count). The maximum absolute atomic E-state index is 13.1. The van der Waals surface area contributed by atoms with Crippen molar-refractivity contribution in [3.05, 3.63) is 35.9 Å². The molecule has 28 heavy (non-hydrogen) atoms. The first-order valence-electron chi connectivity index (χ1n) is 10.8. The average Bonchev–Trinajstić information content (AvgIpc) is 3.11. The van der Waals surface area contributed by atoms with Crippen molar-refractivity contribution in [2.75, 3.05) is 18.0 Å². The smallest absolute Gasteiger partial charge is 0.259 e. The normalized spacial score (nSPS) is 32.1. The second-order valence-corrected chi connectivity index (χ2v) is 8.94. The van der Waals surface area contributed by atoms with Crippen LogP contribution in [0.5, 0.6) is 0 Å². The first kappa shape index (κ1) is 17.9. The fraction of sp³-hybridized carbons (Fsp3) is 0.565. The van der Waals surface area contributed by atoms with E-state index >= 15 is 0 Å². The number of nitrogens with two attached hydrogens (primary N) is 1. The van der Waals surface area contributed by atoms with Crippen molar-refractivity contribution in [1.82, 2.24) is 4.90 Å². The lowest BCUT2D eigenvalue weighted by Crippen LogP contribution is -2.52. The molecule has 2 aliphatic heterocycles. The van der Waals surface area contributed by atoms with E-state index < -0.39 is 5.91 Å². The molecular formula is C23H29N3O2. The van der Waals surface area contributed by atoms with Gasteiger partial charge < -0.3 is 10.6 Å².